The van der Waals surface area contributed by atoms with Crippen LogP contribution in [0.1, 0.15) is 30.9 Å². The van der Waals surface area contributed by atoms with E-state index in [0.29, 0.717) is 25.9 Å². The van der Waals surface area contributed by atoms with Gasteiger partial charge in [-0.2, -0.15) is 13.2 Å². The molecule has 0 amide bonds. The molecule has 26 heavy (non-hydrogen) atoms. The average Bonchev–Trinajstić information content (AvgIpc) is 2.62. The van der Waals surface area contributed by atoms with Gasteiger partial charge in [-0.3, -0.25) is 0 Å². The number of hydrogen-bond donors (Lipinski definition) is 0. The standard InChI is InChI=1S/C20H20F3NOS/c1-15(26)24-12-10-19(11-13-24,16-6-3-2-4-7-16)25-18-9-5-8-17(14-18)20(21,22)23/h2-9,14H,10-13H2,1H3. The Morgan fingerprint density at radius 1 is 1.04 bits per heavy atom. The fourth-order valence-electron chi connectivity index (χ4n) is 3.34. The van der Waals surface area contributed by atoms with Crippen molar-refractivity contribution in [2.24, 2.45) is 0 Å². The van der Waals surface area contributed by atoms with Gasteiger partial charge >= 0.3 is 6.18 Å². The number of ether oxygens (including phenoxy) is 1. The first kappa shape index (κ1) is 18.7. The maximum atomic E-state index is 13.0. The van der Waals surface area contributed by atoms with E-state index >= 15 is 0 Å². The van der Waals surface area contributed by atoms with Crippen LogP contribution in [0.5, 0.6) is 5.75 Å². The number of alkyl halides is 3. The Morgan fingerprint density at radius 3 is 2.27 bits per heavy atom. The van der Waals surface area contributed by atoms with Gasteiger partial charge in [0.25, 0.3) is 0 Å². The zero-order valence-corrected chi connectivity index (χ0v) is 15.2. The lowest BCUT2D eigenvalue weighted by Crippen LogP contribution is -2.47. The van der Waals surface area contributed by atoms with E-state index < -0.39 is 17.3 Å². The highest BCUT2D eigenvalue weighted by Gasteiger charge is 2.39. The first-order chi connectivity index (χ1) is 12.3. The molecule has 0 N–H and O–H groups in total. The van der Waals surface area contributed by atoms with E-state index in [2.05, 4.69) is 4.90 Å². The van der Waals surface area contributed by atoms with Gasteiger partial charge in [-0.15, -0.1) is 0 Å². The monoisotopic (exact) mass is 379 g/mol. The normalized spacial score (nSPS) is 17.0. The van der Waals surface area contributed by atoms with Crippen LogP contribution in [0.4, 0.5) is 13.2 Å². The summed E-state index contributed by atoms with van der Waals surface area (Å²) in [5.41, 5.74) is -0.392. The van der Waals surface area contributed by atoms with Crippen molar-refractivity contribution in [1.82, 2.24) is 4.90 Å². The second-order valence-corrected chi connectivity index (χ2v) is 7.08. The smallest absolute Gasteiger partial charge is 0.416 e. The van der Waals surface area contributed by atoms with Gasteiger partial charge in [-0.25, -0.2) is 0 Å². The molecule has 0 saturated carbocycles. The third-order valence-electron chi connectivity index (χ3n) is 4.79. The Labute approximate surface area is 156 Å². The number of hydrogen-bond acceptors (Lipinski definition) is 2. The summed E-state index contributed by atoms with van der Waals surface area (Å²) in [5.74, 6) is 0.233. The molecule has 0 unspecified atom stereocenters. The highest BCUT2D eigenvalue weighted by Crippen LogP contribution is 2.39. The molecule has 3 rings (SSSR count). The molecule has 0 atom stereocenters. The molecule has 0 bridgehead atoms. The second kappa shape index (κ2) is 7.27. The largest absolute Gasteiger partial charge is 0.482 e. The van der Waals surface area contributed by atoms with Crippen LogP contribution in [-0.2, 0) is 11.8 Å². The minimum absolute atomic E-state index is 0.233. The summed E-state index contributed by atoms with van der Waals surface area (Å²) in [7, 11) is 0. The van der Waals surface area contributed by atoms with Gasteiger partial charge in [0.1, 0.15) is 11.4 Å². The van der Waals surface area contributed by atoms with E-state index in [1.54, 1.807) is 6.07 Å². The number of nitrogens with zero attached hydrogens (tertiary/aromatic N) is 1. The van der Waals surface area contributed by atoms with Gasteiger partial charge in [-0.05, 0) is 30.7 Å². The fraction of sp³-hybridized carbons (Fsp3) is 0.350. The SMILES string of the molecule is CC(=S)N1CCC(Oc2cccc(C(F)(F)F)c2)(c2ccccc2)CC1. The predicted molar refractivity (Wildman–Crippen MR) is 99.3 cm³/mol. The third-order valence-corrected chi connectivity index (χ3v) is 5.05. The average molecular weight is 379 g/mol. The van der Waals surface area contributed by atoms with Crippen molar-refractivity contribution in [2.45, 2.75) is 31.5 Å². The van der Waals surface area contributed by atoms with Crippen LogP contribution in [0.15, 0.2) is 54.6 Å². The van der Waals surface area contributed by atoms with Crippen LogP contribution >= 0.6 is 12.2 Å². The molecule has 1 heterocycles. The van der Waals surface area contributed by atoms with E-state index in [1.165, 1.54) is 6.07 Å². The van der Waals surface area contributed by atoms with Gasteiger partial charge in [0.05, 0.1) is 10.6 Å². The van der Waals surface area contributed by atoms with Crippen LogP contribution in [0.3, 0.4) is 0 Å². The van der Waals surface area contributed by atoms with Gasteiger partial charge in [0, 0.05) is 25.9 Å². The van der Waals surface area contributed by atoms with Crippen LogP contribution in [0.2, 0.25) is 0 Å². The van der Waals surface area contributed by atoms with Crippen LogP contribution < -0.4 is 4.74 Å². The molecule has 2 aromatic carbocycles. The molecule has 1 saturated heterocycles. The van der Waals surface area contributed by atoms with Gasteiger partial charge in [0.15, 0.2) is 0 Å². The summed E-state index contributed by atoms with van der Waals surface area (Å²) in [4.78, 5) is 2.93. The van der Waals surface area contributed by atoms with Crippen molar-refractivity contribution in [3.63, 3.8) is 0 Å². The molecule has 6 heteroatoms. The molecular formula is C20H20F3NOS. The molecule has 2 nitrogen and oxygen atoms in total. The predicted octanol–water partition coefficient (Wildman–Crippen LogP) is 5.42. The number of piperidine rings is 1. The molecule has 1 aliphatic rings. The zero-order valence-electron chi connectivity index (χ0n) is 14.4. The van der Waals surface area contributed by atoms with E-state index in [4.69, 9.17) is 17.0 Å². The summed E-state index contributed by atoms with van der Waals surface area (Å²) in [6.45, 7) is 3.31. The van der Waals surface area contributed by atoms with E-state index in [-0.39, 0.29) is 5.75 Å². The Balaban J connectivity index is 1.92. The zero-order chi connectivity index (χ0) is 18.8. The van der Waals surface area contributed by atoms with Crippen LogP contribution in [0.25, 0.3) is 0 Å². The lowest BCUT2D eigenvalue weighted by Gasteiger charge is -2.42. The molecule has 1 aliphatic heterocycles. The number of halogens is 3. The Hall–Kier alpha value is -2.08. The second-order valence-electron chi connectivity index (χ2n) is 6.49. The van der Waals surface area contributed by atoms with Crippen molar-refractivity contribution < 1.29 is 17.9 Å². The highest BCUT2D eigenvalue weighted by atomic mass is 32.1. The van der Waals surface area contributed by atoms with E-state index in [0.717, 1.165) is 22.7 Å². The van der Waals surface area contributed by atoms with Gasteiger partial charge < -0.3 is 9.64 Å². The molecular weight excluding hydrogens is 359 g/mol. The number of benzene rings is 2. The summed E-state index contributed by atoms with van der Waals surface area (Å²) >= 11 is 5.25. The maximum Gasteiger partial charge on any atom is 0.416 e. The quantitative estimate of drug-likeness (QED) is 0.661. The lowest BCUT2D eigenvalue weighted by atomic mass is 9.84. The maximum absolute atomic E-state index is 13.0. The fourth-order valence-corrected chi connectivity index (χ4v) is 3.52. The van der Waals surface area contributed by atoms with Crippen molar-refractivity contribution in [3.05, 3.63) is 65.7 Å². The summed E-state index contributed by atoms with van der Waals surface area (Å²) < 4.78 is 45.3. The molecule has 138 valence electrons. The van der Waals surface area contributed by atoms with E-state index in [1.807, 2.05) is 37.3 Å². The molecule has 0 spiro atoms. The highest BCUT2D eigenvalue weighted by molar-refractivity contribution is 7.80. The first-order valence-electron chi connectivity index (χ1n) is 8.47. The Kier molecular flexibility index (Phi) is 5.23. The lowest BCUT2D eigenvalue weighted by molar-refractivity contribution is -0.137. The van der Waals surface area contributed by atoms with E-state index in [9.17, 15) is 13.2 Å². The number of rotatable bonds is 3. The molecule has 0 aromatic heterocycles. The molecule has 1 fully saturated rings. The van der Waals surface area contributed by atoms with Crippen molar-refractivity contribution in [2.75, 3.05) is 13.1 Å². The number of likely N-dealkylation sites (tertiary alicyclic amines) is 1. The molecule has 0 radical (unpaired) electrons. The van der Waals surface area contributed by atoms with Crippen molar-refractivity contribution >= 4 is 17.2 Å². The van der Waals surface area contributed by atoms with Gasteiger partial charge in [-0.1, -0.05) is 48.6 Å². The Bertz CT molecular complexity index is 768. The first-order valence-corrected chi connectivity index (χ1v) is 8.88. The van der Waals surface area contributed by atoms with Crippen molar-refractivity contribution in [1.29, 1.82) is 0 Å². The topological polar surface area (TPSA) is 12.5 Å². The third kappa shape index (κ3) is 4.01. The van der Waals surface area contributed by atoms with Crippen molar-refractivity contribution in [3.8, 4) is 5.75 Å². The molecule has 0 aliphatic carbocycles. The number of thiocarbonyl (C=S) groups is 1. The van der Waals surface area contributed by atoms with Crippen LogP contribution in [-0.4, -0.2) is 23.0 Å². The minimum Gasteiger partial charge on any atom is -0.482 e. The van der Waals surface area contributed by atoms with Crippen LogP contribution in [0, 0.1) is 0 Å². The molecule has 2 aromatic rings. The minimum atomic E-state index is -4.39. The Morgan fingerprint density at radius 2 is 1.69 bits per heavy atom. The summed E-state index contributed by atoms with van der Waals surface area (Å²) in [6.07, 6.45) is -3.08. The summed E-state index contributed by atoms with van der Waals surface area (Å²) in [5, 5.41) is 0. The van der Waals surface area contributed by atoms with Gasteiger partial charge in [0.2, 0.25) is 0 Å². The summed E-state index contributed by atoms with van der Waals surface area (Å²) in [6, 6.07) is 14.8.